The van der Waals surface area contributed by atoms with Crippen molar-refractivity contribution in [3.8, 4) is 0 Å². The fraction of sp³-hybridized carbons (Fsp3) is 0.375. The highest BCUT2D eigenvalue weighted by atomic mass is 16.6. The van der Waals surface area contributed by atoms with E-state index in [-0.39, 0.29) is 73.1 Å². The Morgan fingerprint density at radius 3 is 1.34 bits per heavy atom. The third-order valence-corrected chi connectivity index (χ3v) is 6.93. The lowest BCUT2D eigenvalue weighted by Crippen LogP contribution is -2.17. The molecule has 0 bridgehead atoms. The van der Waals surface area contributed by atoms with Crippen molar-refractivity contribution in [3.63, 3.8) is 0 Å². The van der Waals surface area contributed by atoms with E-state index in [4.69, 9.17) is 37.9 Å². The predicted octanol–water partition coefficient (Wildman–Crippen LogP) is 2.75. The van der Waals surface area contributed by atoms with Gasteiger partial charge < -0.3 is 37.9 Å². The standard InChI is InChI=1S/C18H16O6.C14H14O6/c19-17(23-9-12-7-21-12)15-6-5-11-3-1-2-4-14(11)16(15)18(20)24-10-13-8-22-13;15-13(19-7-9-5-17-9)11-3-1-2-4-12(11)14(16)20-8-10-6-18-10/h1-6,12-13H,7-10H2;1-4,9-10H,5-8H2. The maximum atomic E-state index is 12.6. The molecule has 4 saturated heterocycles. The predicted molar refractivity (Wildman–Crippen MR) is 150 cm³/mol. The van der Waals surface area contributed by atoms with Crippen LogP contribution in [0.5, 0.6) is 0 Å². The summed E-state index contributed by atoms with van der Waals surface area (Å²) >= 11 is 0. The lowest BCUT2D eigenvalue weighted by Gasteiger charge is -2.12. The Hall–Kier alpha value is -4.36. The van der Waals surface area contributed by atoms with Gasteiger partial charge >= 0.3 is 23.9 Å². The molecular weight excluding hydrogens is 576 g/mol. The molecule has 0 spiro atoms. The first-order valence-corrected chi connectivity index (χ1v) is 14.2. The first-order valence-electron chi connectivity index (χ1n) is 14.2. The van der Waals surface area contributed by atoms with Crippen molar-refractivity contribution in [2.75, 3.05) is 52.9 Å². The number of carbonyl (C=O) groups is 4. The Bertz CT molecular complexity index is 1490. The van der Waals surface area contributed by atoms with E-state index < -0.39 is 23.9 Å². The average Bonchev–Trinajstić information content (AvgIpc) is 3.86. The van der Waals surface area contributed by atoms with Crippen molar-refractivity contribution >= 4 is 34.6 Å². The maximum Gasteiger partial charge on any atom is 0.339 e. The second kappa shape index (κ2) is 13.5. The van der Waals surface area contributed by atoms with Crippen LogP contribution in [0.15, 0.2) is 60.7 Å². The highest BCUT2D eigenvalue weighted by Crippen LogP contribution is 2.25. The number of hydrogen-bond acceptors (Lipinski definition) is 12. The molecule has 0 radical (unpaired) electrons. The quantitative estimate of drug-likeness (QED) is 0.169. The van der Waals surface area contributed by atoms with Crippen LogP contribution in [0, 0.1) is 0 Å². The summed E-state index contributed by atoms with van der Waals surface area (Å²) in [7, 11) is 0. The molecule has 4 fully saturated rings. The van der Waals surface area contributed by atoms with Crippen LogP contribution in [0.2, 0.25) is 0 Å². The van der Waals surface area contributed by atoms with Crippen LogP contribution in [-0.4, -0.2) is 101 Å². The van der Waals surface area contributed by atoms with Gasteiger partial charge in [-0.3, -0.25) is 0 Å². The van der Waals surface area contributed by atoms with Crippen LogP contribution >= 0.6 is 0 Å². The minimum Gasteiger partial charge on any atom is -0.459 e. The summed E-state index contributed by atoms with van der Waals surface area (Å²) in [5, 5.41) is 1.52. The number of ether oxygens (including phenoxy) is 8. The lowest BCUT2D eigenvalue weighted by atomic mass is 9.99. The first kappa shape index (κ1) is 29.7. The average molecular weight is 607 g/mol. The van der Waals surface area contributed by atoms with Crippen LogP contribution in [-0.2, 0) is 37.9 Å². The monoisotopic (exact) mass is 606 g/mol. The minimum atomic E-state index is -0.550. The molecule has 12 nitrogen and oxygen atoms in total. The molecule has 4 atom stereocenters. The van der Waals surface area contributed by atoms with Gasteiger partial charge in [-0.2, -0.15) is 0 Å². The molecule has 3 aromatic rings. The molecule has 4 unspecified atom stereocenters. The molecule has 4 heterocycles. The van der Waals surface area contributed by atoms with Crippen molar-refractivity contribution < 1.29 is 57.1 Å². The second-order valence-electron chi connectivity index (χ2n) is 10.5. The summed E-state index contributed by atoms with van der Waals surface area (Å²) in [5.74, 6) is -2.19. The number of hydrogen-bond donors (Lipinski definition) is 0. The molecule has 12 heteroatoms. The number of fused-ring (bicyclic) bond motifs is 1. The highest BCUT2D eigenvalue weighted by Gasteiger charge is 2.30. The summed E-state index contributed by atoms with van der Waals surface area (Å²) in [4.78, 5) is 48.8. The van der Waals surface area contributed by atoms with E-state index >= 15 is 0 Å². The van der Waals surface area contributed by atoms with Crippen LogP contribution in [0.4, 0.5) is 0 Å². The zero-order valence-corrected chi connectivity index (χ0v) is 23.6. The summed E-state index contributed by atoms with van der Waals surface area (Å²) in [6, 6.07) is 17.2. The van der Waals surface area contributed by atoms with Gasteiger partial charge in [0, 0.05) is 0 Å². The van der Waals surface area contributed by atoms with E-state index in [1.165, 1.54) is 0 Å². The minimum absolute atomic E-state index is 0.00919. The van der Waals surface area contributed by atoms with E-state index in [0.29, 0.717) is 31.8 Å². The van der Waals surface area contributed by atoms with E-state index in [2.05, 4.69) is 0 Å². The third kappa shape index (κ3) is 8.17. The van der Waals surface area contributed by atoms with Crippen LogP contribution in [0.25, 0.3) is 10.8 Å². The molecule has 0 amide bonds. The van der Waals surface area contributed by atoms with Crippen molar-refractivity contribution in [1.29, 1.82) is 0 Å². The summed E-state index contributed by atoms with van der Waals surface area (Å²) in [6.07, 6.45) is -0.0849. The molecular formula is C32H30O12. The molecule has 4 aliphatic rings. The van der Waals surface area contributed by atoms with E-state index in [9.17, 15) is 19.2 Å². The Kier molecular flexibility index (Phi) is 9.12. The van der Waals surface area contributed by atoms with Crippen LogP contribution in [0.1, 0.15) is 41.4 Å². The number of rotatable bonds is 12. The molecule has 4 aliphatic heterocycles. The Balaban J connectivity index is 0.000000159. The molecule has 7 rings (SSSR count). The molecule has 230 valence electrons. The first-order chi connectivity index (χ1) is 21.5. The van der Waals surface area contributed by atoms with Gasteiger partial charge in [0.15, 0.2) is 0 Å². The van der Waals surface area contributed by atoms with Gasteiger partial charge in [0.1, 0.15) is 50.8 Å². The fourth-order valence-corrected chi connectivity index (χ4v) is 4.14. The van der Waals surface area contributed by atoms with E-state index in [0.717, 1.165) is 5.39 Å². The van der Waals surface area contributed by atoms with Gasteiger partial charge in [0.25, 0.3) is 0 Å². The Labute approximate surface area is 252 Å². The summed E-state index contributed by atoms with van der Waals surface area (Å²) in [5.41, 5.74) is 0.844. The highest BCUT2D eigenvalue weighted by molar-refractivity contribution is 6.12. The number of esters is 4. The fourth-order valence-electron chi connectivity index (χ4n) is 4.14. The molecule has 0 aromatic heterocycles. The summed E-state index contributed by atoms with van der Waals surface area (Å²) in [6.45, 7) is 3.20. The molecule has 3 aromatic carbocycles. The largest absolute Gasteiger partial charge is 0.459 e. The third-order valence-electron chi connectivity index (χ3n) is 6.93. The van der Waals surface area contributed by atoms with E-state index in [1.54, 1.807) is 42.5 Å². The van der Waals surface area contributed by atoms with Crippen LogP contribution < -0.4 is 0 Å². The lowest BCUT2D eigenvalue weighted by molar-refractivity contribution is 0.0430. The normalized spacial score (nSPS) is 22.1. The van der Waals surface area contributed by atoms with Gasteiger partial charge in [-0.05, 0) is 29.0 Å². The smallest absolute Gasteiger partial charge is 0.339 e. The second-order valence-corrected chi connectivity index (χ2v) is 10.5. The molecule has 0 aliphatic carbocycles. The van der Waals surface area contributed by atoms with Gasteiger partial charge in [-0.25, -0.2) is 19.2 Å². The summed E-state index contributed by atoms with van der Waals surface area (Å²) < 4.78 is 40.7. The zero-order chi connectivity index (χ0) is 30.5. The zero-order valence-electron chi connectivity index (χ0n) is 23.6. The number of epoxide rings is 4. The van der Waals surface area contributed by atoms with Crippen molar-refractivity contribution in [3.05, 3.63) is 82.9 Å². The topological polar surface area (TPSA) is 155 Å². The number of carbonyl (C=O) groups excluding carboxylic acids is 4. The van der Waals surface area contributed by atoms with Gasteiger partial charge in [-0.1, -0.05) is 42.5 Å². The van der Waals surface area contributed by atoms with Crippen molar-refractivity contribution in [2.24, 2.45) is 0 Å². The Morgan fingerprint density at radius 1 is 0.500 bits per heavy atom. The SMILES string of the molecule is O=C(OCC1CO1)c1ccc2ccccc2c1C(=O)OCC1CO1.O=C(OCC1CO1)c1ccccc1C(=O)OCC1CO1. The van der Waals surface area contributed by atoms with Gasteiger partial charge in [0.2, 0.25) is 0 Å². The van der Waals surface area contributed by atoms with Gasteiger partial charge in [0.05, 0.1) is 48.7 Å². The maximum absolute atomic E-state index is 12.6. The number of benzene rings is 3. The Morgan fingerprint density at radius 2 is 0.886 bits per heavy atom. The molecule has 0 N–H and O–H groups in total. The van der Waals surface area contributed by atoms with Crippen molar-refractivity contribution in [2.45, 2.75) is 24.4 Å². The molecule has 44 heavy (non-hydrogen) atoms. The van der Waals surface area contributed by atoms with Crippen LogP contribution in [0.3, 0.4) is 0 Å². The molecule has 0 saturated carbocycles. The van der Waals surface area contributed by atoms with Gasteiger partial charge in [-0.15, -0.1) is 0 Å². The van der Waals surface area contributed by atoms with Crippen molar-refractivity contribution in [1.82, 2.24) is 0 Å². The van der Waals surface area contributed by atoms with E-state index in [1.807, 2.05) is 18.2 Å².